The van der Waals surface area contributed by atoms with E-state index in [0.717, 1.165) is 0 Å². The van der Waals surface area contributed by atoms with Crippen molar-refractivity contribution < 1.29 is 14.7 Å². The van der Waals surface area contributed by atoms with Gasteiger partial charge in [-0.2, -0.15) is 0 Å². The van der Waals surface area contributed by atoms with Crippen molar-refractivity contribution in [2.24, 2.45) is 0 Å². The van der Waals surface area contributed by atoms with Crippen molar-refractivity contribution in [2.75, 3.05) is 26.2 Å². The maximum Gasteiger partial charge on any atom is 0.317 e. The maximum absolute atomic E-state index is 11.8. The summed E-state index contributed by atoms with van der Waals surface area (Å²) in [5.41, 5.74) is 1.17. The predicted molar refractivity (Wildman–Crippen MR) is 77.6 cm³/mol. The molecule has 1 aromatic rings. The Labute approximate surface area is 119 Å². The number of likely N-dealkylation sites (N-methyl/N-ethyl adjacent to an activating group) is 1. The molecule has 5 heteroatoms. The zero-order valence-corrected chi connectivity index (χ0v) is 12.0. The van der Waals surface area contributed by atoms with Crippen LogP contribution in [-0.4, -0.2) is 48.1 Å². The van der Waals surface area contributed by atoms with Crippen LogP contribution in [0.25, 0.3) is 0 Å². The van der Waals surface area contributed by atoms with Crippen molar-refractivity contribution in [3.63, 3.8) is 0 Å². The molecule has 2 N–H and O–H groups in total. The molecule has 1 rings (SSSR count). The van der Waals surface area contributed by atoms with Gasteiger partial charge in [0.15, 0.2) is 0 Å². The Hall–Kier alpha value is -1.88. The molecule has 0 saturated heterocycles. The van der Waals surface area contributed by atoms with Crippen LogP contribution in [0, 0.1) is 0 Å². The summed E-state index contributed by atoms with van der Waals surface area (Å²) in [5.74, 6) is -0.831. The molecule has 0 heterocycles. The van der Waals surface area contributed by atoms with E-state index < -0.39 is 5.97 Å². The number of nitrogens with zero attached hydrogens (tertiary/aromatic N) is 1. The zero-order valence-electron chi connectivity index (χ0n) is 12.0. The first-order chi connectivity index (χ1) is 9.52. The van der Waals surface area contributed by atoms with E-state index in [4.69, 9.17) is 5.11 Å². The minimum Gasteiger partial charge on any atom is -0.480 e. The molecule has 0 aromatic heterocycles. The summed E-state index contributed by atoms with van der Waals surface area (Å²) < 4.78 is 0. The summed E-state index contributed by atoms with van der Waals surface area (Å²) >= 11 is 0. The van der Waals surface area contributed by atoms with E-state index in [1.165, 1.54) is 5.56 Å². The van der Waals surface area contributed by atoms with Gasteiger partial charge in [0.2, 0.25) is 5.91 Å². The van der Waals surface area contributed by atoms with Gasteiger partial charge in [-0.25, -0.2) is 0 Å². The molecule has 1 atom stereocenters. The highest BCUT2D eigenvalue weighted by atomic mass is 16.4. The molecule has 0 aliphatic carbocycles. The molecular formula is C15H22N2O3. The van der Waals surface area contributed by atoms with Gasteiger partial charge in [-0.1, -0.05) is 44.2 Å². The molecule has 20 heavy (non-hydrogen) atoms. The highest BCUT2D eigenvalue weighted by Crippen LogP contribution is 2.12. The van der Waals surface area contributed by atoms with Crippen molar-refractivity contribution in [3.8, 4) is 0 Å². The summed E-state index contributed by atoms with van der Waals surface area (Å²) in [6.45, 7) is 4.97. The van der Waals surface area contributed by atoms with Crippen LogP contribution in [0.2, 0.25) is 0 Å². The van der Waals surface area contributed by atoms with Crippen molar-refractivity contribution in [2.45, 2.75) is 19.8 Å². The average Bonchev–Trinajstić information content (AvgIpc) is 2.44. The molecule has 1 unspecified atom stereocenters. The van der Waals surface area contributed by atoms with E-state index >= 15 is 0 Å². The Morgan fingerprint density at radius 1 is 1.25 bits per heavy atom. The first-order valence-corrected chi connectivity index (χ1v) is 6.78. The molecule has 1 aromatic carbocycles. The van der Waals surface area contributed by atoms with E-state index in [0.29, 0.717) is 13.1 Å². The van der Waals surface area contributed by atoms with E-state index in [-0.39, 0.29) is 24.9 Å². The average molecular weight is 278 g/mol. The molecule has 0 aliphatic heterocycles. The Bertz CT molecular complexity index is 434. The fourth-order valence-corrected chi connectivity index (χ4v) is 1.90. The van der Waals surface area contributed by atoms with Gasteiger partial charge in [0.05, 0.1) is 13.1 Å². The number of amides is 1. The van der Waals surface area contributed by atoms with Gasteiger partial charge in [0, 0.05) is 6.54 Å². The predicted octanol–water partition coefficient (Wildman–Crippen LogP) is 1.31. The van der Waals surface area contributed by atoms with Crippen LogP contribution < -0.4 is 5.32 Å². The molecule has 1 amide bonds. The standard InChI is InChI=1S/C15H22N2O3/c1-3-17(11-15(19)20)10-14(18)16-9-12(2)13-7-5-4-6-8-13/h4-8,12H,3,9-11H2,1-2H3,(H,16,18)(H,19,20). The first kappa shape index (κ1) is 16.2. The number of carbonyl (C=O) groups is 2. The van der Waals surface area contributed by atoms with Crippen molar-refractivity contribution >= 4 is 11.9 Å². The number of carboxylic acid groups (broad SMARTS) is 1. The number of hydrogen-bond acceptors (Lipinski definition) is 3. The van der Waals surface area contributed by atoms with Gasteiger partial charge in [-0.05, 0) is 18.0 Å². The summed E-state index contributed by atoms with van der Waals surface area (Å²) in [4.78, 5) is 24.0. The van der Waals surface area contributed by atoms with Gasteiger partial charge in [0.1, 0.15) is 0 Å². The number of benzene rings is 1. The van der Waals surface area contributed by atoms with Crippen molar-refractivity contribution in [1.29, 1.82) is 0 Å². The highest BCUT2D eigenvalue weighted by Gasteiger charge is 2.13. The Morgan fingerprint density at radius 2 is 1.90 bits per heavy atom. The number of nitrogens with one attached hydrogen (secondary N) is 1. The lowest BCUT2D eigenvalue weighted by Gasteiger charge is -2.18. The van der Waals surface area contributed by atoms with Crippen LogP contribution in [0.3, 0.4) is 0 Å². The van der Waals surface area contributed by atoms with E-state index in [1.807, 2.05) is 44.2 Å². The van der Waals surface area contributed by atoms with Crippen LogP contribution in [0.4, 0.5) is 0 Å². The molecular weight excluding hydrogens is 256 g/mol. The summed E-state index contributed by atoms with van der Waals surface area (Å²) in [6.07, 6.45) is 0. The van der Waals surface area contributed by atoms with E-state index in [9.17, 15) is 9.59 Å². The first-order valence-electron chi connectivity index (χ1n) is 6.78. The topological polar surface area (TPSA) is 69.6 Å². The monoisotopic (exact) mass is 278 g/mol. The third-order valence-electron chi connectivity index (χ3n) is 3.15. The molecule has 5 nitrogen and oxygen atoms in total. The number of carbonyl (C=O) groups excluding carboxylic acids is 1. The molecule has 0 fully saturated rings. The Kier molecular flexibility index (Phi) is 6.73. The van der Waals surface area contributed by atoms with Gasteiger partial charge in [-0.3, -0.25) is 14.5 Å². The third kappa shape index (κ3) is 5.84. The minimum atomic E-state index is -0.919. The summed E-state index contributed by atoms with van der Waals surface area (Å²) in [7, 11) is 0. The van der Waals surface area contributed by atoms with Crippen LogP contribution in [0.5, 0.6) is 0 Å². The van der Waals surface area contributed by atoms with Crippen molar-refractivity contribution in [1.82, 2.24) is 10.2 Å². The van der Waals surface area contributed by atoms with Crippen LogP contribution in [-0.2, 0) is 9.59 Å². The minimum absolute atomic E-state index is 0.113. The maximum atomic E-state index is 11.8. The molecule has 0 bridgehead atoms. The van der Waals surface area contributed by atoms with Gasteiger partial charge in [-0.15, -0.1) is 0 Å². The number of aliphatic carboxylic acids is 1. The highest BCUT2D eigenvalue weighted by molar-refractivity contribution is 5.79. The number of carboxylic acids is 1. The molecule has 0 saturated carbocycles. The summed E-state index contributed by atoms with van der Waals surface area (Å²) in [6, 6.07) is 9.96. The van der Waals surface area contributed by atoms with Gasteiger partial charge >= 0.3 is 5.97 Å². The second-order valence-corrected chi connectivity index (χ2v) is 4.81. The summed E-state index contributed by atoms with van der Waals surface area (Å²) in [5, 5.41) is 11.6. The Morgan fingerprint density at radius 3 is 2.45 bits per heavy atom. The third-order valence-corrected chi connectivity index (χ3v) is 3.15. The lowest BCUT2D eigenvalue weighted by atomic mass is 10.0. The fourth-order valence-electron chi connectivity index (χ4n) is 1.90. The molecule has 0 aliphatic rings. The lowest BCUT2D eigenvalue weighted by molar-refractivity contribution is -0.138. The van der Waals surface area contributed by atoms with Crippen LogP contribution in [0.1, 0.15) is 25.3 Å². The van der Waals surface area contributed by atoms with E-state index in [1.54, 1.807) is 4.90 Å². The van der Waals surface area contributed by atoms with Crippen molar-refractivity contribution in [3.05, 3.63) is 35.9 Å². The van der Waals surface area contributed by atoms with Crippen LogP contribution in [0.15, 0.2) is 30.3 Å². The number of hydrogen-bond donors (Lipinski definition) is 2. The molecule has 110 valence electrons. The van der Waals surface area contributed by atoms with Gasteiger partial charge < -0.3 is 10.4 Å². The smallest absolute Gasteiger partial charge is 0.317 e. The normalized spacial score (nSPS) is 12.2. The number of rotatable bonds is 8. The van der Waals surface area contributed by atoms with Crippen LogP contribution >= 0.6 is 0 Å². The second kappa shape index (κ2) is 8.32. The lowest BCUT2D eigenvalue weighted by Crippen LogP contribution is -2.40. The van der Waals surface area contributed by atoms with E-state index in [2.05, 4.69) is 5.32 Å². The molecule has 0 spiro atoms. The quantitative estimate of drug-likeness (QED) is 0.752. The zero-order chi connectivity index (χ0) is 15.0. The second-order valence-electron chi connectivity index (χ2n) is 4.81. The largest absolute Gasteiger partial charge is 0.480 e. The SMILES string of the molecule is CCN(CC(=O)O)CC(=O)NCC(C)c1ccccc1. The van der Waals surface area contributed by atoms with Gasteiger partial charge in [0.25, 0.3) is 0 Å². The fraction of sp³-hybridized carbons (Fsp3) is 0.467. The molecule has 0 radical (unpaired) electrons. The Balaban J connectivity index is 2.37.